The third kappa shape index (κ3) is 4.41. The quantitative estimate of drug-likeness (QED) is 0.599. The molecule has 0 N–H and O–H groups in total. The van der Waals surface area contributed by atoms with Crippen LogP contribution in [0.25, 0.3) is 0 Å². The molecule has 0 radical (unpaired) electrons. The zero-order valence-corrected chi connectivity index (χ0v) is 10.7. The molecule has 17 heavy (non-hydrogen) atoms. The van der Waals surface area contributed by atoms with Crippen molar-refractivity contribution in [3.05, 3.63) is 28.5 Å². The normalized spacial score (nSPS) is 10.8. The third-order valence-corrected chi connectivity index (χ3v) is 2.09. The minimum atomic E-state index is -0.519. The molecule has 0 aliphatic rings. The van der Waals surface area contributed by atoms with Crippen molar-refractivity contribution >= 4 is 17.6 Å². The highest BCUT2D eigenvalue weighted by molar-refractivity contribution is 6.30. The first kappa shape index (κ1) is 13.5. The second-order valence-corrected chi connectivity index (χ2v) is 4.91. The van der Waals surface area contributed by atoms with Crippen LogP contribution in [0.2, 0.25) is 5.15 Å². The molecule has 0 amide bonds. The van der Waals surface area contributed by atoms with Gasteiger partial charge >= 0.3 is 5.97 Å². The molecule has 1 rings (SSSR count). The van der Waals surface area contributed by atoms with Crippen molar-refractivity contribution in [1.82, 2.24) is 4.98 Å². The van der Waals surface area contributed by atoms with Gasteiger partial charge in [0.05, 0.1) is 12.0 Å². The monoisotopic (exact) mass is 252 g/mol. The topological polar surface area (TPSA) is 63.0 Å². The lowest BCUT2D eigenvalue weighted by molar-refractivity contribution is -0.153. The number of aromatic nitrogens is 1. The van der Waals surface area contributed by atoms with Crippen LogP contribution in [0, 0.1) is 11.3 Å². The summed E-state index contributed by atoms with van der Waals surface area (Å²) < 4.78 is 5.16. The number of hydrogen-bond acceptors (Lipinski definition) is 4. The molecule has 0 bridgehead atoms. The highest BCUT2D eigenvalue weighted by Gasteiger charge is 2.17. The Balaban J connectivity index is 2.77. The van der Waals surface area contributed by atoms with Gasteiger partial charge in [-0.1, -0.05) is 11.6 Å². The fourth-order valence-electron chi connectivity index (χ4n) is 1.21. The molecule has 1 aromatic heterocycles. The van der Waals surface area contributed by atoms with Crippen LogP contribution < -0.4 is 0 Å². The van der Waals surface area contributed by atoms with Gasteiger partial charge in [0.2, 0.25) is 0 Å². The number of pyridine rings is 1. The Morgan fingerprint density at radius 1 is 1.59 bits per heavy atom. The number of hydrogen-bond donors (Lipinski definition) is 0. The van der Waals surface area contributed by atoms with Crippen LogP contribution in [0.3, 0.4) is 0 Å². The minimum absolute atomic E-state index is 0.0795. The largest absolute Gasteiger partial charge is 0.460 e. The summed E-state index contributed by atoms with van der Waals surface area (Å²) in [6, 6.07) is 3.45. The molecule has 0 spiro atoms. The summed E-state index contributed by atoms with van der Waals surface area (Å²) >= 11 is 5.69. The fraction of sp³-hybridized carbons (Fsp3) is 0.417. The molecule has 0 unspecified atom stereocenters. The van der Waals surface area contributed by atoms with Crippen molar-refractivity contribution in [3.63, 3.8) is 0 Å². The minimum Gasteiger partial charge on any atom is -0.460 e. The van der Waals surface area contributed by atoms with E-state index in [1.807, 2.05) is 6.07 Å². The number of nitriles is 1. The number of halogens is 1. The molecule has 0 aromatic carbocycles. The van der Waals surface area contributed by atoms with Gasteiger partial charge < -0.3 is 4.74 Å². The van der Waals surface area contributed by atoms with Gasteiger partial charge in [-0.25, -0.2) is 4.98 Å². The third-order valence-electron chi connectivity index (χ3n) is 1.78. The summed E-state index contributed by atoms with van der Waals surface area (Å²) in [6.07, 6.45) is 1.54. The molecule has 5 heteroatoms. The average Bonchev–Trinajstić information content (AvgIpc) is 2.18. The molecule has 0 aliphatic carbocycles. The molecule has 4 nitrogen and oxygen atoms in total. The zero-order chi connectivity index (χ0) is 13.1. The van der Waals surface area contributed by atoms with Gasteiger partial charge in [-0.15, -0.1) is 0 Å². The van der Waals surface area contributed by atoms with Crippen LogP contribution in [0.1, 0.15) is 31.9 Å². The van der Waals surface area contributed by atoms with Crippen molar-refractivity contribution in [2.45, 2.75) is 32.8 Å². The van der Waals surface area contributed by atoms with Gasteiger partial charge in [-0.05, 0) is 32.4 Å². The van der Waals surface area contributed by atoms with E-state index in [-0.39, 0.29) is 23.1 Å². The number of esters is 1. The summed E-state index contributed by atoms with van der Waals surface area (Å²) in [5.41, 5.74) is 0.350. The highest BCUT2D eigenvalue weighted by Crippen LogP contribution is 2.15. The number of carbonyl (C=O) groups excluding carboxylic acids is 1. The summed E-state index contributed by atoms with van der Waals surface area (Å²) in [4.78, 5) is 15.4. The van der Waals surface area contributed by atoms with Crippen LogP contribution in [-0.2, 0) is 16.0 Å². The first-order valence-electron chi connectivity index (χ1n) is 5.08. The molecule has 1 heterocycles. The molecule has 0 atom stereocenters. The van der Waals surface area contributed by atoms with Gasteiger partial charge in [0.25, 0.3) is 0 Å². The van der Waals surface area contributed by atoms with Gasteiger partial charge in [-0.3, -0.25) is 4.79 Å². The molecule has 0 aliphatic heterocycles. The molecule has 0 fully saturated rings. The van der Waals surface area contributed by atoms with E-state index in [2.05, 4.69) is 4.98 Å². The number of carbonyl (C=O) groups is 1. The van der Waals surface area contributed by atoms with E-state index >= 15 is 0 Å². The number of ether oxygens (including phenoxy) is 1. The number of rotatable bonds is 2. The van der Waals surface area contributed by atoms with Crippen molar-refractivity contribution in [3.8, 4) is 6.07 Å². The predicted octanol–water partition coefficient (Wildman–Crippen LogP) is 2.49. The highest BCUT2D eigenvalue weighted by atomic mass is 35.5. The Morgan fingerprint density at radius 3 is 2.76 bits per heavy atom. The molecule has 1 aromatic rings. The van der Waals surface area contributed by atoms with Crippen molar-refractivity contribution in [2.75, 3.05) is 0 Å². The summed E-state index contributed by atoms with van der Waals surface area (Å²) in [7, 11) is 0. The maximum atomic E-state index is 11.5. The van der Waals surface area contributed by atoms with Crippen molar-refractivity contribution in [2.24, 2.45) is 0 Å². The summed E-state index contributed by atoms with van der Waals surface area (Å²) in [5, 5.41) is 8.91. The van der Waals surface area contributed by atoms with Gasteiger partial charge in [-0.2, -0.15) is 5.26 Å². The second kappa shape index (κ2) is 5.15. The lowest BCUT2D eigenvalue weighted by atomic mass is 10.1. The van der Waals surface area contributed by atoms with Crippen LogP contribution in [-0.4, -0.2) is 16.6 Å². The average molecular weight is 253 g/mol. The Bertz CT molecular complexity index is 472. The zero-order valence-electron chi connectivity index (χ0n) is 9.95. The SMILES string of the molecule is CC(C)(C)OC(=O)Cc1cnc(Cl)c(C#N)c1. The predicted molar refractivity (Wildman–Crippen MR) is 63.5 cm³/mol. The Hall–Kier alpha value is -1.60. The Kier molecular flexibility index (Phi) is 4.08. The lowest BCUT2D eigenvalue weighted by Crippen LogP contribution is -2.24. The fourth-order valence-corrected chi connectivity index (χ4v) is 1.36. The number of nitrogens with zero attached hydrogens (tertiary/aromatic N) is 2. The van der Waals surface area contributed by atoms with E-state index in [0.717, 1.165) is 0 Å². The first-order chi connectivity index (χ1) is 7.81. The summed E-state index contributed by atoms with van der Waals surface area (Å²) in [6.45, 7) is 5.39. The summed E-state index contributed by atoms with van der Waals surface area (Å²) in [5.74, 6) is -0.356. The van der Waals surface area contributed by atoms with E-state index in [0.29, 0.717) is 5.56 Å². The van der Waals surface area contributed by atoms with Crippen LogP contribution in [0.15, 0.2) is 12.3 Å². The van der Waals surface area contributed by atoms with Gasteiger partial charge in [0.15, 0.2) is 0 Å². The first-order valence-corrected chi connectivity index (χ1v) is 5.46. The smallest absolute Gasteiger partial charge is 0.310 e. The Labute approximate surface area is 105 Å². The Morgan fingerprint density at radius 2 is 2.24 bits per heavy atom. The van der Waals surface area contributed by atoms with E-state index < -0.39 is 5.60 Å². The molecular weight excluding hydrogens is 240 g/mol. The molecular formula is C12H13ClN2O2. The van der Waals surface area contributed by atoms with E-state index in [1.165, 1.54) is 6.20 Å². The van der Waals surface area contributed by atoms with Gasteiger partial charge in [0.1, 0.15) is 16.8 Å². The van der Waals surface area contributed by atoms with Crippen molar-refractivity contribution in [1.29, 1.82) is 5.26 Å². The van der Waals surface area contributed by atoms with Gasteiger partial charge in [0, 0.05) is 6.20 Å². The van der Waals surface area contributed by atoms with E-state index in [9.17, 15) is 4.79 Å². The molecule has 0 saturated carbocycles. The van der Waals surface area contributed by atoms with Crippen LogP contribution in [0.4, 0.5) is 0 Å². The van der Waals surface area contributed by atoms with Crippen LogP contribution >= 0.6 is 11.6 Å². The maximum Gasteiger partial charge on any atom is 0.310 e. The standard InChI is InChI=1S/C12H13ClN2O2/c1-12(2,3)17-10(16)5-8-4-9(6-14)11(13)15-7-8/h4,7H,5H2,1-3H3. The van der Waals surface area contributed by atoms with E-state index in [4.69, 9.17) is 21.6 Å². The van der Waals surface area contributed by atoms with E-state index in [1.54, 1.807) is 26.8 Å². The molecule has 0 saturated heterocycles. The van der Waals surface area contributed by atoms with Crippen LogP contribution in [0.5, 0.6) is 0 Å². The maximum absolute atomic E-state index is 11.5. The van der Waals surface area contributed by atoms with Crippen molar-refractivity contribution < 1.29 is 9.53 Å². The lowest BCUT2D eigenvalue weighted by Gasteiger charge is -2.19. The second-order valence-electron chi connectivity index (χ2n) is 4.56. The molecule has 90 valence electrons.